The summed E-state index contributed by atoms with van der Waals surface area (Å²) in [5, 5.41) is 0. The van der Waals surface area contributed by atoms with Crippen LogP contribution in [0, 0.1) is 5.92 Å². The second-order valence-corrected chi connectivity index (χ2v) is 3.11. The predicted molar refractivity (Wildman–Crippen MR) is 47.5 cm³/mol. The summed E-state index contributed by atoms with van der Waals surface area (Å²) >= 11 is 0. The molecule has 1 atom stereocenters. The standard InChI is InChI=1S/C9H17NO2/c1-5-6-7(2)9(12)10(4)8(3)11/h7H,5-6H2,1-4H3/t7-/m1/s1. The van der Waals surface area contributed by atoms with E-state index >= 15 is 0 Å². The smallest absolute Gasteiger partial charge is 0.231 e. The van der Waals surface area contributed by atoms with E-state index in [2.05, 4.69) is 0 Å². The lowest BCUT2D eigenvalue weighted by Gasteiger charge is -2.17. The van der Waals surface area contributed by atoms with Crippen molar-refractivity contribution in [1.82, 2.24) is 4.90 Å². The lowest BCUT2D eigenvalue weighted by atomic mass is 10.1. The highest BCUT2D eigenvalue weighted by molar-refractivity contribution is 5.94. The molecular formula is C9H17NO2. The zero-order valence-corrected chi connectivity index (χ0v) is 8.26. The molecule has 0 aliphatic carbocycles. The average molecular weight is 171 g/mol. The number of imide groups is 1. The van der Waals surface area contributed by atoms with Gasteiger partial charge in [0.15, 0.2) is 0 Å². The molecule has 3 nitrogen and oxygen atoms in total. The fraction of sp³-hybridized carbons (Fsp3) is 0.778. The summed E-state index contributed by atoms with van der Waals surface area (Å²) in [6.07, 6.45) is 1.81. The summed E-state index contributed by atoms with van der Waals surface area (Å²) in [4.78, 5) is 23.4. The van der Waals surface area contributed by atoms with Crippen LogP contribution in [0.1, 0.15) is 33.6 Å². The molecule has 0 heterocycles. The maximum Gasteiger partial charge on any atom is 0.231 e. The molecule has 0 aromatic rings. The Morgan fingerprint density at radius 2 is 1.92 bits per heavy atom. The lowest BCUT2D eigenvalue weighted by Crippen LogP contribution is -2.35. The minimum absolute atomic E-state index is 0.0381. The number of rotatable bonds is 3. The Labute approximate surface area is 73.7 Å². The molecule has 0 saturated carbocycles. The highest BCUT2D eigenvalue weighted by Crippen LogP contribution is 2.08. The van der Waals surface area contributed by atoms with Crippen molar-refractivity contribution in [3.8, 4) is 0 Å². The van der Waals surface area contributed by atoms with Crippen LogP contribution in [0.3, 0.4) is 0 Å². The molecule has 0 spiro atoms. The molecular weight excluding hydrogens is 154 g/mol. The first kappa shape index (κ1) is 11.1. The molecule has 0 saturated heterocycles. The number of nitrogens with zero attached hydrogens (tertiary/aromatic N) is 1. The summed E-state index contributed by atoms with van der Waals surface area (Å²) < 4.78 is 0. The number of hydrogen-bond donors (Lipinski definition) is 0. The number of hydrogen-bond acceptors (Lipinski definition) is 2. The molecule has 0 rings (SSSR count). The number of carbonyl (C=O) groups is 2. The molecule has 0 fully saturated rings. The van der Waals surface area contributed by atoms with Crippen molar-refractivity contribution in [1.29, 1.82) is 0 Å². The van der Waals surface area contributed by atoms with Crippen LogP contribution >= 0.6 is 0 Å². The summed E-state index contributed by atoms with van der Waals surface area (Å²) in [6, 6.07) is 0. The van der Waals surface area contributed by atoms with Gasteiger partial charge in [0.2, 0.25) is 11.8 Å². The second-order valence-electron chi connectivity index (χ2n) is 3.11. The highest BCUT2D eigenvalue weighted by Gasteiger charge is 2.18. The SMILES string of the molecule is CCC[C@@H](C)C(=O)N(C)C(C)=O. The van der Waals surface area contributed by atoms with Gasteiger partial charge in [-0.2, -0.15) is 0 Å². The molecule has 70 valence electrons. The Morgan fingerprint density at radius 1 is 1.42 bits per heavy atom. The quantitative estimate of drug-likeness (QED) is 0.644. The summed E-state index contributed by atoms with van der Waals surface area (Å²) in [5.74, 6) is -0.309. The second kappa shape index (κ2) is 4.91. The van der Waals surface area contributed by atoms with E-state index in [1.54, 1.807) is 0 Å². The van der Waals surface area contributed by atoms with Crippen LogP contribution in [-0.4, -0.2) is 23.8 Å². The zero-order valence-electron chi connectivity index (χ0n) is 8.26. The third kappa shape index (κ3) is 3.03. The van der Waals surface area contributed by atoms with Crippen LogP contribution in [0.2, 0.25) is 0 Å². The molecule has 0 aromatic heterocycles. The van der Waals surface area contributed by atoms with Gasteiger partial charge in [-0.3, -0.25) is 14.5 Å². The molecule has 3 heteroatoms. The van der Waals surface area contributed by atoms with Crippen molar-refractivity contribution >= 4 is 11.8 Å². The molecule has 0 N–H and O–H groups in total. The average Bonchev–Trinajstić information content (AvgIpc) is 2.02. The van der Waals surface area contributed by atoms with E-state index in [1.807, 2.05) is 13.8 Å². The molecule has 12 heavy (non-hydrogen) atoms. The minimum Gasteiger partial charge on any atom is -0.286 e. The van der Waals surface area contributed by atoms with Crippen LogP contribution in [0.5, 0.6) is 0 Å². The van der Waals surface area contributed by atoms with E-state index in [9.17, 15) is 9.59 Å². The van der Waals surface area contributed by atoms with Gasteiger partial charge in [0.25, 0.3) is 0 Å². The van der Waals surface area contributed by atoms with E-state index in [4.69, 9.17) is 0 Å². The third-order valence-electron chi connectivity index (χ3n) is 1.95. The van der Waals surface area contributed by atoms with Crippen molar-refractivity contribution in [2.45, 2.75) is 33.6 Å². The topological polar surface area (TPSA) is 37.4 Å². The summed E-state index contributed by atoms with van der Waals surface area (Å²) in [7, 11) is 1.52. The molecule has 0 bridgehead atoms. The number of carbonyl (C=O) groups excluding carboxylic acids is 2. The lowest BCUT2D eigenvalue weighted by molar-refractivity contribution is -0.144. The van der Waals surface area contributed by atoms with Crippen molar-refractivity contribution in [3.05, 3.63) is 0 Å². The Kier molecular flexibility index (Phi) is 4.55. The van der Waals surface area contributed by atoms with Crippen molar-refractivity contribution in [2.24, 2.45) is 5.92 Å². The van der Waals surface area contributed by atoms with Crippen molar-refractivity contribution in [2.75, 3.05) is 7.05 Å². The van der Waals surface area contributed by atoms with E-state index in [0.29, 0.717) is 0 Å². The first-order chi connectivity index (χ1) is 5.50. The molecule has 0 unspecified atom stereocenters. The maximum absolute atomic E-state index is 11.4. The molecule has 0 aromatic carbocycles. The van der Waals surface area contributed by atoms with Crippen LogP contribution in [-0.2, 0) is 9.59 Å². The van der Waals surface area contributed by atoms with Crippen molar-refractivity contribution < 1.29 is 9.59 Å². The fourth-order valence-electron chi connectivity index (χ4n) is 1.04. The van der Waals surface area contributed by atoms with E-state index in [0.717, 1.165) is 12.8 Å². The van der Waals surface area contributed by atoms with Gasteiger partial charge in [-0.25, -0.2) is 0 Å². The van der Waals surface area contributed by atoms with Crippen LogP contribution in [0.4, 0.5) is 0 Å². The van der Waals surface area contributed by atoms with Gasteiger partial charge in [-0.15, -0.1) is 0 Å². The maximum atomic E-state index is 11.4. The summed E-state index contributed by atoms with van der Waals surface area (Å²) in [6.45, 7) is 5.28. The van der Waals surface area contributed by atoms with Gasteiger partial charge < -0.3 is 0 Å². The zero-order chi connectivity index (χ0) is 9.72. The van der Waals surface area contributed by atoms with E-state index < -0.39 is 0 Å². The highest BCUT2D eigenvalue weighted by atomic mass is 16.2. The van der Waals surface area contributed by atoms with Gasteiger partial charge in [0, 0.05) is 19.9 Å². The Balaban J connectivity index is 4.09. The van der Waals surface area contributed by atoms with Gasteiger partial charge in [0.05, 0.1) is 0 Å². The Bertz CT molecular complexity index is 177. The molecule has 2 amide bonds. The molecule has 0 radical (unpaired) electrons. The normalized spacial score (nSPS) is 12.3. The van der Waals surface area contributed by atoms with Crippen LogP contribution in [0.15, 0.2) is 0 Å². The molecule has 0 aliphatic heterocycles. The van der Waals surface area contributed by atoms with Gasteiger partial charge in [-0.1, -0.05) is 20.3 Å². The minimum atomic E-state index is -0.192. The van der Waals surface area contributed by atoms with E-state index in [-0.39, 0.29) is 17.7 Å². The van der Waals surface area contributed by atoms with Gasteiger partial charge >= 0.3 is 0 Å². The predicted octanol–water partition coefficient (Wildman–Crippen LogP) is 1.43. The first-order valence-electron chi connectivity index (χ1n) is 4.28. The molecule has 0 aliphatic rings. The van der Waals surface area contributed by atoms with E-state index in [1.165, 1.54) is 18.9 Å². The Morgan fingerprint density at radius 3 is 2.25 bits per heavy atom. The largest absolute Gasteiger partial charge is 0.286 e. The fourth-order valence-corrected chi connectivity index (χ4v) is 1.04. The van der Waals surface area contributed by atoms with Crippen LogP contribution < -0.4 is 0 Å². The monoisotopic (exact) mass is 171 g/mol. The third-order valence-corrected chi connectivity index (χ3v) is 1.95. The van der Waals surface area contributed by atoms with Gasteiger partial charge in [-0.05, 0) is 6.42 Å². The Hall–Kier alpha value is -0.860. The first-order valence-corrected chi connectivity index (χ1v) is 4.28. The summed E-state index contributed by atoms with van der Waals surface area (Å²) in [5.41, 5.74) is 0. The van der Waals surface area contributed by atoms with Crippen LogP contribution in [0.25, 0.3) is 0 Å². The number of amides is 2. The van der Waals surface area contributed by atoms with Gasteiger partial charge in [0.1, 0.15) is 0 Å². The van der Waals surface area contributed by atoms with Crippen molar-refractivity contribution in [3.63, 3.8) is 0 Å².